The third kappa shape index (κ3) is 4.67. The van der Waals surface area contributed by atoms with Gasteiger partial charge in [0.05, 0.1) is 29.9 Å². The van der Waals surface area contributed by atoms with Crippen molar-refractivity contribution in [1.82, 2.24) is 19.9 Å². The van der Waals surface area contributed by atoms with Crippen LogP contribution in [0.15, 0.2) is 43.5 Å². The summed E-state index contributed by atoms with van der Waals surface area (Å²) in [6.07, 6.45) is 6.66. The molecule has 0 radical (unpaired) electrons. The number of hydrogen-bond acceptors (Lipinski definition) is 7. The first-order valence-corrected chi connectivity index (χ1v) is 14.1. The first-order valence-electron chi connectivity index (χ1n) is 14.1. The van der Waals surface area contributed by atoms with Gasteiger partial charge in [0, 0.05) is 11.1 Å². The first kappa shape index (κ1) is 30.7. The number of ether oxygens (including phenoxy) is 1. The van der Waals surface area contributed by atoms with E-state index < -0.39 is 18.2 Å². The Morgan fingerprint density at radius 2 is 1.53 bits per heavy atom. The number of carbonyl (C=O) groups is 2. The van der Waals surface area contributed by atoms with Gasteiger partial charge in [-0.15, -0.1) is 22.1 Å². The summed E-state index contributed by atoms with van der Waals surface area (Å²) in [5, 5.41) is 0. The molecule has 3 aromatic rings. The smallest absolute Gasteiger partial charge is 0.657 e. The predicted molar refractivity (Wildman–Crippen MR) is 174 cm³/mol. The van der Waals surface area contributed by atoms with Crippen LogP contribution in [0.2, 0.25) is 0 Å². The van der Waals surface area contributed by atoms with E-state index >= 15 is 0 Å². The number of hydrogen-bond donors (Lipinski definition) is 0. The molecule has 0 N–H and O–H groups in total. The zero-order valence-corrected chi connectivity index (χ0v) is 27.1. The summed E-state index contributed by atoms with van der Waals surface area (Å²) in [6, 6.07) is 5.72. The van der Waals surface area contributed by atoms with E-state index in [1.165, 1.54) is 7.11 Å². The van der Waals surface area contributed by atoms with Gasteiger partial charge in [0.2, 0.25) is 6.29 Å². The van der Waals surface area contributed by atoms with Crippen LogP contribution in [0.25, 0.3) is 56.5 Å². The normalized spacial score (nSPS) is 17.3. The van der Waals surface area contributed by atoms with Crippen molar-refractivity contribution < 1.29 is 24.1 Å². The molecule has 1 saturated heterocycles. The molecule has 0 unspecified atom stereocenters. The minimum Gasteiger partial charge on any atom is -0.657 e. The number of fused-ring (bicyclic) bond motifs is 8. The fourth-order valence-corrected chi connectivity index (χ4v) is 6.22. The van der Waals surface area contributed by atoms with Crippen LogP contribution >= 0.6 is 0 Å². The number of aryl methyl sites for hydroxylation is 2. The quantitative estimate of drug-likeness (QED) is 0.119. The second kappa shape index (κ2) is 11.2. The number of allylic oxidation sites excluding steroid dienone is 5. The number of esters is 1. The summed E-state index contributed by atoms with van der Waals surface area (Å²) >= 11 is 0. The maximum Gasteiger partial charge on any atom is 2.00 e. The molecule has 10 heteroatoms. The van der Waals surface area contributed by atoms with Crippen molar-refractivity contribution in [2.24, 2.45) is 0 Å². The van der Waals surface area contributed by atoms with Crippen molar-refractivity contribution in [2.75, 3.05) is 7.11 Å². The van der Waals surface area contributed by atoms with Crippen molar-refractivity contribution in [2.45, 2.75) is 39.9 Å². The molecular formula is C35H28MgN4O5. The number of aromatic nitrogens is 4. The number of rotatable bonds is 5. The maximum atomic E-state index is 14.0. The number of methoxy groups -OCH3 is 1. The fraction of sp³-hybridized carbons (Fsp3) is 0.200. The van der Waals surface area contributed by atoms with Crippen LogP contribution < -0.4 is 9.97 Å². The molecule has 0 amide bonds. The van der Waals surface area contributed by atoms with Gasteiger partial charge in [0.25, 0.3) is 0 Å². The van der Waals surface area contributed by atoms with Gasteiger partial charge in [-0.2, -0.15) is 9.78 Å². The van der Waals surface area contributed by atoms with Crippen molar-refractivity contribution >= 4 is 91.3 Å². The summed E-state index contributed by atoms with van der Waals surface area (Å²) in [5.74, 6) is -2.26. The molecule has 0 saturated carbocycles. The molecule has 4 aliphatic rings. The number of Topliss-reactive ketones (excluding diaryl/α,β-unsaturated/α-hetero) is 1. The molecule has 45 heavy (non-hydrogen) atoms. The third-order valence-corrected chi connectivity index (χ3v) is 8.71. The van der Waals surface area contributed by atoms with Crippen LogP contribution in [0.4, 0.5) is 0 Å². The van der Waals surface area contributed by atoms with Gasteiger partial charge in [0.15, 0.2) is 5.78 Å². The van der Waals surface area contributed by atoms with Gasteiger partial charge in [-0.1, -0.05) is 60.7 Å². The van der Waals surface area contributed by atoms with E-state index in [2.05, 4.69) is 13.2 Å². The van der Waals surface area contributed by atoms with Crippen LogP contribution in [0.5, 0.6) is 0 Å². The molecule has 3 aromatic heterocycles. The predicted octanol–water partition coefficient (Wildman–Crippen LogP) is 5.64. The summed E-state index contributed by atoms with van der Waals surface area (Å²) in [4.78, 5) is 56.9. The Bertz CT molecular complexity index is 2140. The Morgan fingerprint density at radius 3 is 2.20 bits per heavy atom. The van der Waals surface area contributed by atoms with E-state index in [4.69, 9.17) is 34.4 Å². The molecule has 6 heterocycles. The second-order valence-corrected chi connectivity index (χ2v) is 11.1. The van der Waals surface area contributed by atoms with Crippen molar-refractivity contribution in [3.8, 4) is 0 Å². The van der Waals surface area contributed by atoms with Gasteiger partial charge in [0.1, 0.15) is 5.92 Å². The molecule has 1 fully saturated rings. The maximum absolute atomic E-state index is 14.0. The van der Waals surface area contributed by atoms with Crippen LogP contribution in [-0.2, 0) is 24.1 Å². The standard InChI is InChI=1S/C35H29N4O5.Mg/c1-8-19-15(3)22-12-24-17(5)21(10-11-28-43-44-28)32(38-24)30-31(35(41)42-7)34(40)29-18(6)25(39-33(29)30)14-27-20(9-2)16(4)23(37-27)13-26(19)36-22;/h8-14,28,31H,1-2H2,3-7H3,(H-,36,37,38,39,40);/q-1;+2/p-1/b11-10+,22-12?,23-13?,24-12?,25-14?,26-13?,27-14?,32-30?;/t31-;/m1./s1. The minimum atomic E-state index is -1.21. The van der Waals surface area contributed by atoms with E-state index in [0.717, 1.165) is 44.7 Å². The Kier molecular flexibility index (Phi) is 7.65. The summed E-state index contributed by atoms with van der Waals surface area (Å²) < 4.78 is 5.13. The Labute approximate surface area is 275 Å². The number of nitrogens with zero attached hydrogens (tertiary/aromatic N) is 4. The third-order valence-electron chi connectivity index (χ3n) is 8.71. The average molecular weight is 609 g/mol. The van der Waals surface area contributed by atoms with Crippen LogP contribution in [-0.4, -0.2) is 58.2 Å². The van der Waals surface area contributed by atoms with Crippen LogP contribution in [0, 0.1) is 13.8 Å². The van der Waals surface area contributed by atoms with Gasteiger partial charge in [-0.25, -0.2) is 9.97 Å². The summed E-state index contributed by atoms with van der Waals surface area (Å²) in [6.45, 7) is 15.8. The molecule has 1 atom stereocenters. The second-order valence-electron chi connectivity index (χ2n) is 11.1. The van der Waals surface area contributed by atoms with Gasteiger partial charge >= 0.3 is 29.0 Å². The molecule has 0 spiro atoms. The molecule has 1 aliphatic carbocycles. The number of ketones is 1. The molecular weight excluding hydrogens is 581 g/mol. The molecule has 220 valence electrons. The SMILES string of the molecule is C=CC1=C(C)c2cc3[n-]c(c(/C=C/C4OO4)c3C)c3c4nc(cc5[n-]c(cc1n2)c(C)c5C=C)C(C)=C4C(=O)[C@@H]3C(=O)OC.[Mg+2]. The molecule has 0 aromatic carbocycles. The van der Waals surface area contributed by atoms with Gasteiger partial charge in [-0.05, 0) is 61.6 Å². The monoisotopic (exact) mass is 608 g/mol. The zero-order valence-electron chi connectivity index (χ0n) is 25.6. The fourth-order valence-electron chi connectivity index (χ4n) is 6.22. The minimum absolute atomic E-state index is 0. The van der Waals surface area contributed by atoms with E-state index in [-0.39, 0.29) is 28.8 Å². The van der Waals surface area contributed by atoms with E-state index in [9.17, 15) is 9.59 Å². The van der Waals surface area contributed by atoms with Crippen LogP contribution in [0.1, 0.15) is 70.4 Å². The van der Waals surface area contributed by atoms with Gasteiger partial charge < -0.3 is 14.7 Å². The average Bonchev–Trinajstić information content (AvgIpc) is 3.37. The van der Waals surface area contributed by atoms with E-state index in [1.54, 1.807) is 18.2 Å². The van der Waals surface area contributed by atoms with E-state index in [0.29, 0.717) is 50.2 Å². The van der Waals surface area contributed by atoms with Crippen molar-refractivity contribution in [3.05, 3.63) is 94.1 Å². The molecule has 3 aliphatic heterocycles. The Balaban J connectivity index is 0.00000357. The topological polar surface area (TPSA) is 122 Å². The number of carbonyl (C=O) groups excluding carboxylic acids is 2. The van der Waals surface area contributed by atoms with Crippen molar-refractivity contribution in [3.63, 3.8) is 0 Å². The summed E-state index contributed by atoms with van der Waals surface area (Å²) in [5.41, 5.74) is 11.6. The zero-order chi connectivity index (χ0) is 31.0. The first-order chi connectivity index (χ1) is 21.2. The van der Waals surface area contributed by atoms with Crippen molar-refractivity contribution in [1.29, 1.82) is 0 Å². The van der Waals surface area contributed by atoms with Gasteiger partial charge in [-0.3, -0.25) is 9.59 Å². The largest absolute Gasteiger partial charge is 2.00 e. The molecule has 9 nitrogen and oxygen atoms in total. The molecule has 7 rings (SSSR count). The Morgan fingerprint density at radius 1 is 0.889 bits per heavy atom. The Hall–Kier alpha value is -4.35. The van der Waals surface area contributed by atoms with E-state index in [1.807, 2.05) is 52.0 Å². The summed E-state index contributed by atoms with van der Waals surface area (Å²) in [7, 11) is 1.27. The van der Waals surface area contributed by atoms with Crippen LogP contribution in [0.3, 0.4) is 0 Å². The molecule has 8 bridgehead atoms.